The van der Waals surface area contributed by atoms with Gasteiger partial charge in [0, 0.05) is 6.42 Å². The maximum Gasteiger partial charge on any atom is 0.314 e. The highest BCUT2D eigenvalue weighted by atomic mass is 16.4. The fraction of sp³-hybridized carbons (Fsp3) is 0.905. The van der Waals surface area contributed by atoms with Gasteiger partial charge in [0.1, 0.15) is 0 Å². The largest absolute Gasteiger partial charge is 0.481 e. The number of aliphatic carboxylic acids is 1. The highest BCUT2D eigenvalue weighted by Crippen LogP contribution is 2.13. The summed E-state index contributed by atoms with van der Waals surface area (Å²) in [6.45, 7) is 1.75. The van der Waals surface area contributed by atoms with Crippen LogP contribution in [-0.2, 0) is 4.79 Å². The lowest BCUT2D eigenvalue weighted by Crippen LogP contribution is -2.40. The van der Waals surface area contributed by atoms with Gasteiger partial charge in [0.15, 0.2) is 6.23 Å². The molecule has 0 saturated heterocycles. The van der Waals surface area contributed by atoms with Gasteiger partial charge in [-0.1, -0.05) is 96.8 Å². The molecule has 0 radical (unpaired) electrons. The molecule has 28 heavy (non-hydrogen) atoms. The fourth-order valence-corrected chi connectivity index (χ4v) is 2.86. The van der Waals surface area contributed by atoms with Crippen molar-refractivity contribution in [1.82, 2.24) is 5.32 Å². The topological polar surface area (TPSA) is 133 Å². The number of nitrogens with two attached hydrogens (primary N) is 1. The van der Waals surface area contributed by atoms with Crippen molar-refractivity contribution in [3.05, 3.63) is 0 Å². The number of primary amides is 1. The first kappa shape index (κ1) is 28.9. The maximum atomic E-state index is 10.3. The number of amides is 2. The lowest BCUT2D eigenvalue weighted by Gasteiger charge is -2.04. The highest BCUT2D eigenvalue weighted by Gasteiger charge is 2.00. The van der Waals surface area contributed by atoms with Crippen molar-refractivity contribution in [1.29, 1.82) is 0 Å². The smallest absolute Gasteiger partial charge is 0.314 e. The van der Waals surface area contributed by atoms with Gasteiger partial charge in [-0.2, -0.15) is 0 Å². The summed E-state index contributed by atoms with van der Waals surface area (Å²) in [4.78, 5) is 20.1. The van der Waals surface area contributed by atoms with Crippen LogP contribution in [0.15, 0.2) is 0 Å². The Bertz CT molecular complexity index is 354. The monoisotopic (exact) mass is 404 g/mol. The van der Waals surface area contributed by atoms with Crippen molar-refractivity contribution in [2.24, 2.45) is 5.73 Å². The van der Waals surface area contributed by atoms with E-state index in [2.05, 4.69) is 12.7 Å². The van der Waals surface area contributed by atoms with E-state index in [1.165, 1.54) is 83.5 Å². The van der Waals surface area contributed by atoms with Crippen LogP contribution in [0.5, 0.6) is 0 Å². The molecule has 6 N–H and O–H groups in total. The molecule has 0 aliphatic heterocycles. The Morgan fingerprint density at radius 3 is 1.39 bits per heavy atom. The van der Waals surface area contributed by atoms with Crippen LogP contribution in [-0.4, -0.2) is 40.2 Å². The summed E-state index contributed by atoms with van der Waals surface area (Å²) in [7, 11) is 0. The number of hydrogen-bond acceptors (Lipinski definition) is 4. The van der Waals surface area contributed by atoms with Gasteiger partial charge < -0.3 is 26.4 Å². The number of carboxylic acid groups (broad SMARTS) is 1. The summed E-state index contributed by atoms with van der Waals surface area (Å²) in [5, 5.41) is 26.8. The number of urea groups is 1. The Labute approximate surface area is 171 Å². The molecule has 7 nitrogen and oxygen atoms in total. The Morgan fingerprint density at radius 1 is 0.786 bits per heavy atom. The van der Waals surface area contributed by atoms with Crippen LogP contribution in [0, 0.1) is 0 Å². The molecule has 0 aromatic heterocycles. The molecule has 0 heterocycles. The molecular formula is C21H44N2O5. The number of rotatable bonds is 18. The molecule has 0 aliphatic carbocycles. The van der Waals surface area contributed by atoms with Crippen molar-refractivity contribution < 1.29 is 24.9 Å². The van der Waals surface area contributed by atoms with E-state index in [1.807, 2.05) is 5.32 Å². The van der Waals surface area contributed by atoms with Crippen molar-refractivity contribution in [3.8, 4) is 0 Å². The summed E-state index contributed by atoms with van der Waals surface area (Å²) in [5.41, 5.74) is 4.55. The summed E-state index contributed by atoms with van der Waals surface area (Å²) in [6, 6.07) is -0.855. The molecule has 2 amide bonds. The van der Waals surface area contributed by atoms with Crippen LogP contribution in [0.2, 0.25) is 0 Å². The van der Waals surface area contributed by atoms with Crippen molar-refractivity contribution in [3.63, 3.8) is 0 Å². The molecule has 0 saturated carbocycles. The van der Waals surface area contributed by atoms with Gasteiger partial charge in [-0.15, -0.1) is 0 Å². The second-order valence-corrected chi connectivity index (χ2v) is 7.30. The number of carbonyl (C=O) groups excluding carboxylic acids is 1. The lowest BCUT2D eigenvalue weighted by molar-refractivity contribution is -0.137. The molecule has 0 aromatic rings. The third-order valence-electron chi connectivity index (χ3n) is 4.48. The van der Waals surface area contributed by atoms with Gasteiger partial charge >= 0.3 is 12.0 Å². The van der Waals surface area contributed by atoms with Crippen LogP contribution in [0.3, 0.4) is 0 Å². The third kappa shape index (κ3) is 29.4. The van der Waals surface area contributed by atoms with E-state index in [-0.39, 0.29) is 0 Å². The molecule has 0 rings (SSSR count). The van der Waals surface area contributed by atoms with Gasteiger partial charge in [0.05, 0.1) is 6.61 Å². The standard InChI is InChI=1S/C18H36O2.C3H8N2O3/c1-2-3-4-5-6-7-8-9-10-11-12-13-14-15-16-17-18(19)20;4-3(8)5-2(7)1-6/h2-17H2,1H3,(H,19,20);2,6-7H,1H2,(H3,4,5,8). The Kier molecular flexibility index (Phi) is 24.4. The van der Waals surface area contributed by atoms with Crippen LogP contribution >= 0.6 is 0 Å². The fourth-order valence-electron chi connectivity index (χ4n) is 2.86. The average Bonchev–Trinajstić information content (AvgIpc) is 2.64. The lowest BCUT2D eigenvalue weighted by atomic mass is 10.0. The zero-order valence-electron chi connectivity index (χ0n) is 17.8. The molecule has 0 aliphatic rings. The molecule has 0 bridgehead atoms. The Balaban J connectivity index is 0. The van der Waals surface area contributed by atoms with Crippen LogP contribution < -0.4 is 11.1 Å². The molecule has 0 aromatic carbocycles. The Hall–Kier alpha value is -1.34. The number of aliphatic hydroxyl groups excluding tert-OH is 2. The molecular weight excluding hydrogens is 360 g/mol. The van der Waals surface area contributed by atoms with Gasteiger partial charge in [-0.25, -0.2) is 4.79 Å². The van der Waals surface area contributed by atoms with Gasteiger partial charge in [0.2, 0.25) is 0 Å². The maximum absolute atomic E-state index is 10.3. The second kappa shape index (κ2) is 23.7. The predicted molar refractivity (Wildman–Crippen MR) is 113 cm³/mol. The van der Waals surface area contributed by atoms with Gasteiger partial charge in [-0.3, -0.25) is 4.79 Å². The van der Waals surface area contributed by atoms with Gasteiger partial charge in [0.25, 0.3) is 0 Å². The molecule has 168 valence electrons. The number of aliphatic hydroxyl groups is 2. The number of hydrogen-bond donors (Lipinski definition) is 5. The minimum absolute atomic E-state index is 0.345. The first-order valence-corrected chi connectivity index (χ1v) is 11.0. The number of carbonyl (C=O) groups is 2. The molecule has 1 unspecified atom stereocenters. The van der Waals surface area contributed by atoms with E-state index in [0.29, 0.717) is 6.42 Å². The number of nitrogens with one attached hydrogen (secondary N) is 1. The highest BCUT2D eigenvalue weighted by molar-refractivity contribution is 5.71. The summed E-state index contributed by atoms with van der Waals surface area (Å²) in [5.74, 6) is -0.653. The molecule has 7 heteroatoms. The van der Waals surface area contributed by atoms with Crippen molar-refractivity contribution >= 4 is 12.0 Å². The zero-order valence-corrected chi connectivity index (χ0v) is 17.8. The van der Waals surface area contributed by atoms with E-state index in [0.717, 1.165) is 12.8 Å². The van der Waals surface area contributed by atoms with Crippen molar-refractivity contribution in [2.45, 2.75) is 116 Å². The van der Waals surface area contributed by atoms with E-state index in [1.54, 1.807) is 0 Å². The Morgan fingerprint density at radius 2 is 1.14 bits per heavy atom. The minimum Gasteiger partial charge on any atom is -0.481 e. The van der Waals surface area contributed by atoms with Crippen LogP contribution in [0.1, 0.15) is 110 Å². The van der Waals surface area contributed by atoms with E-state index in [4.69, 9.17) is 15.3 Å². The van der Waals surface area contributed by atoms with E-state index >= 15 is 0 Å². The molecule has 1 atom stereocenters. The predicted octanol–water partition coefficient (Wildman–Crippen LogP) is 4.30. The first-order chi connectivity index (χ1) is 13.4. The molecule has 0 spiro atoms. The summed E-state index contributed by atoms with van der Waals surface area (Å²) in [6.07, 6.45) is 19.0. The zero-order chi connectivity index (χ0) is 21.5. The average molecular weight is 405 g/mol. The SMILES string of the molecule is CCCCCCCCCCCCCCCCCC(=O)O.NC(=O)NC(O)CO. The van der Waals surface area contributed by atoms with E-state index < -0.39 is 24.8 Å². The summed E-state index contributed by atoms with van der Waals surface area (Å²) >= 11 is 0. The first-order valence-electron chi connectivity index (χ1n) is 11.0. The van der Waals surface area contributed by atoms with Gasteiger partial charge in [-0.05, 0) is 6.42 Å². The number of unbranched alkanes of at least 4 members (excludes halogenated alkanes) is 14. The summed E-state index contributed by atoms with van der Waals surface area (Å²) < 4.78 is 0. The second-order valence-electron chi connectivity index (χ2n) is 7.30. The third-order valence-corrected chi connectivity index (χ3v) is 4.48. The normalized spacial score (nSPS) is 11.4. The minimum atomic E-state index is -1.24. The quantitative estimate of drug-likeness (QED) is 0.172. The van der Waals surface area contributed by atoms with Crippen LogP contribution in [0.4, 0.5) is 4.79 Å². The van der Waals surface area contributed by atoms with Crippen molar-refractivity contribution in [2.75, 3.05) is 6.61 Å². The number of carboxylic acids is 1. The van der Waals surface area contributed by atoms with E-state index in [9.17, 15) is 9.59 Å². The van der Waals surface area contributed by atoms with Crippen LogP contribution in [0.25, 0.3) is 0 Å². The molecule has 0 fully saturated rings.